The maximum absolute atomic E-state index is 14.7. The minimum atomic E-state index is -5.72. The van der Waals surface area contributed by atoms with E-state index in [1.54, 1.807) is 72.8 Å². The van der Waals surface area contributed by atoms with Gasteiger partial charge in [-0.2, -0.15) is 16.8 Å². The van der Waals surface area contributed by atoms with Crippen LogP contribution in [-0.2, 0) is 28.0 Å². The third-order valence-corrected chi connectivity index (χ3v) is 18.2. The Morgan fingerprint density at radius 2 is 0.902 bits per heavy atom. The molecule has 2 aromatic heterocycles. The molecule has 16 nitrogen and oxygen atoms in total. The fraction of sp³-hybridized carbons (Fsp3) is 0.158. The van der Waals surface area contributed by atoms with Gasteiger partial charge in [-0.1, -0.05) is 46.4 Å². The minimum absolute atomic E-state index is 0.0441. The van der Waals surface area contributed by atoms with Crippen LogP contribution in [0.3, 0.4) is 0 Å². The first kappa shape index (κ1) is 40.4. The van der Waals surface area contributed by atoms with Gasteiger partial charge in [0.05, 0.1) is 0 Å². The highest BCUT2D eigenvalue weighted by molar-refractivity contribution is 7.89. The van der Waals surface area contributed by atoms with Gasteiger partial charge in [-0.3, -0.25) is 18.3 Å². The normalized spacial score (nSPS) is 19.0. The summed E-state index contributed by atoms with van der Waals surface area (Å²) in [5, 5.41) is 2.59. The molecule has 4 aromatic carbocycles. The van der Waals surface area contributed by atoms with Crippen molar-refractivity contribution in [2.45, 2.75) is 0 Å². The van der Waals surface area contributed by atoms with Gasteiger partial charge in [0.15, 0.2) is 23.3 Å². The molecule has 0 unspecified atom stereocenters. The van der Waals surface area contributed by atoms with Gasteiger partial charge in [0, 0.05) is 63.9 Å². The van der Waals surface area contributed by atoms with Crippen LogP contribution in [0.2, 0.25) is 20.1 Å². The van der Waals surface area contributed by atoms with Crippen LogP contribution in [0.25, 0.3) is 21.5 Å². The molecular weight excluding hydrogens is 927 g/mol. The molecular formula is C38H28Cl4N10O6S2Si. The van der Waals surface area contributed by atoms with E-state index in [9.17, 15) is 16.8 Å². The standard InChI is InChI=1S/C38H28Cl4N10O6S2Si/c1-49(2)17-59(53,54)57-61(58-60(55,56)18-50(3)4)51-36-25-11-7-21(41)15-29(25)37(51)45-31-23-9-5-19(39)13-27(23)33(43-31)47-35-26-12-8-22(42)16-30(26)38(52(35)61)46-32-24-10-6-20(40)14-28(24)34(44-32)48-36/h5-16H,17-18H2,1-4H3/b45-31-,45-37?,46-32?,46-38-,47-33?,47-35-,48-34-,48-36?. The van der Waals surface area contributed by atoms with Crippen molar-refractivity contribution < 1.29 is 24.6 Å². The molecule has 6 bridgehead atoms. The number of amidine groups is 4. The van der Waals surface area contributed by atoms with E-state index < -0.39 is 40.9 Å². The fourth-order valence-electron chi connectivity index (χ4n) is 7.71. The molecule has 0 fully saturated rings. The van der Waals surface area contributed by atoms with Crippen LogP contribution in [-0.4, -0.2) is 107 Å². The van der Waals surface area contributed by atoms with E-state index in [2.05, 4.69) is 0 Å². The molecule has 0 saturated heterocycles. The number of nitrogens with zero attached hydrogens (tertiary/aromatic N) is 10. The summed E-state index contributed by atoms with van der Waals surface area (Å²) >= 11 is 26.6. The maximum atomic E-state index is 14.7. The Morgan fingerprint density at radius 3 is 1.44 bits per heavy atom. The van der Waals surface area contributed by atoms with Crippen molar-refractivity contribution in [3.05, 3.63) is 126 Å². The lowest BCUT2D eigenvalue weighted by molar-refractivity contribution is 0.326. The van der Waals surface area contributed by atoms with Crippen molar-refractivity contribution in [3.63, 3.8) is 0 Å². The highest BCUT2D eigenvalue weighted by Gasteiger charge is 2.59. The summed E-state index contributed by atoms with van der Waals surface area (Å²) in [4.78, 5) is 33.0. The third kappa shape index (κ3) is 6.70. The molecule has 61 heavy (non-hydrogen) atoms. The average molecular weight is 955 g/mol. The van der Waals surface area contributed by atoms with Crippen LogP contribution in [0.4, 0.5) is 11.6 Å². The maximum Gasteiger partial charge on any atom is 0.632 e. The zero-order valence-corrected chi connectivity index (χ0v) is 37.7. The smallest absolute Gasteiger partial charge is 0.294 e. The SMILES string of the molecule is CN(C)CS(=O)(=O)O[Si]1(OS(=O)(=O)CN(C)C)n2c3c4cc(Cl)ccc4c2/N=C2N=C(/N=c4/c5cc(Cl)ccc5/c(n41)=N/C1=NC(=N\3)/c3ccc(Cl)cc31)c1ccc(Cl)cc1\2. The fourth-order valence-corrected chi connectivity index (χ4v) is 16.2. The van der Waals surface area contributed by atoms with Crippen molar-refractivity contribution in [2.75, 3.05) is 39.9 Å². The summed E-state index contributed by atoms with van der Waals surface area (Å²) < 4.78 is 74.6. The lowest BCUT2D eigenvalue weighted by Crippen LogP contribution is -2.65. The highest BCUT2D eigenvalue weighted by atomic mass is 35.5. The van der Waals surface area contributed by atoms with Crippen LogP contribution >= 0.6 is 46.4 Å². The van der Waals surface area contributed by atoms with Crippen LogP contribution < -0.4 is 11.0 Å². The third-order valence-electron chi connectivity index (χ3n) is 9.84. The predicted octanol–water partition coefficient (Wildman–Crippen LogP) is 5.72. The van der Waals surface area contributed by atoms with Gasteiger partial charge >= 0.3 is 8.88 Å². The molecule has 0 amide bonds. The molecule has 0 spiro atoms. The second-order valence-corrected chi connectivity index (χ2v) is 22.8. The summed E-state index contributed by atoms with van der Waals surface area (Å²) in [6, 6.07) is 19.9. The molecule has 10 rings (SSSR count). The molecule has 0 N–H and O–H groups in total. The lowest BCUT2D eigenvalue weighted by Gasteiger charge is -2.32. The predicted molar refractivity (Wildman–Crippen MR) is 238 cm³/mol. The van der Waals surface area contributed by atoms with Crippen molar-refractivity contribution in [1.82, 2.24) is 18.3 Å². The molecule has 310 valence electrons. The Labute approximate surface area is 368 Å². The zero-order valence-electron chi connectivity index (χ0n) is 32.1. The number of aliphatic imine (C=N–C) groups is 4. The number of hydrogen-bond donors (Lipinski definition) is 0. The van der Waals surface area contributed by atoms with Gasteiger partial charge in [-0.05, 0) is 101 Å². The Balaban J connectivity index is 1.55. The largest absolute Gasteiger partial charge is 0.632 e. The molecule has 23 heteroatoms. The molecule has 0 atom stereocenters. The van der Waals surface area contributed by atoms with Crippen molar-refractivity contribution in [2.24, 2.45) is 30.0 Å². The molecule has 0 radical (unpaired) electrons. The van der Waals surface area contributed by atoms with Gasteiger partial charge in [0.25, 0.3) is 20.2 Å². The molecule has 0 aliphatic carbocycles. The minimum Gasteiger partial charge on any atom is -0.294 e. The quantitative estimate of drug-likeness (QED) is 0.174. The first-order valence-electron chi connectivity index (χ1n) is 18.1. The van der Waals surface area contributed by atoms with E-state index >= 15 is 0 Å². The van der Waals surface area contributed by atoms with Crippen molar-refractivity contribution in [3.8, 4) is 0 Å². The number of fused-ring (bicyclic) bond motifs is 14. The number of halogens is 4. The molecule has 6 aromatic rings. The van der Waals surface area contributed by atoms with Gasteiger partial charge in [0.2, 0.25) is 0 Å². The Kier molecular flexibility index (Phi) is 9.41. The summed E-state index contributed by atoms with van der Waals surface area (Å²) in [6.07, 6.45) is 0. The van der Waals surface area contributed by atoms with E-state index in [0.717, 1.165) is 0 Å². The van der Waals surface area contributed by atoms with E-state index in [1.807, 2.05) is 0 Å². The van der Waals surface area contributed by atoms with Gasteiger partial charge in [-0.15, -0.1) is 0 Å². The first-order valence-corrected chi connectivity index (χ1v) is 24.5. The van der Waals surface area contributed by atoms with Crippen LogP contribution in [0.15, 0.2) is 103 Å². The Hall–Kier alpha value is -4.64. The number of rotatable bonds is 8. The summed E-state index contributed by atoms with van der Waals surface area (Å²) in [5.41, 5.74) is 1.89. The molecule has 6 heterocycles. The van der Waals surface area contributed by atoms with Crippen LogP contribution in [0.1, 0.15) is 22.3 Å². The monoisotopic (exact) mass is 952 g/mol. The molecule has 4 aliphatic heterocycles. The van der Waals surface area contributed by atoms with Crippen LogP contribution in [0, 0.1) is 0 Å². The van der Waals surface area contributed by atoms with Crippen LogP contribution in [0.5, 0.6) is 0 Å². The average Bonchev–Trinajstić information content (AvgIpc) is 3.85. The Bertz CT molecular complexity index is 3450. The molecule has 4 aliphatic rings. The summed E-state index contributed by atoms with van der Waals surface area (Å²) in [6.45, 7) is 0. The van der Waals surface area contributed by atoms with E-state index in [0.29, 0.717) is 53.8 Å². The van der Waals surface area contributed by atoms with Gasteiger partial charge in [-0.25, -0.2) is 37.7 Å². The van der Waals surface area contributed by atoms with Crippen molar-refractivity contribution in [1.29, 1.82) is 0 Å². The van der Waals surface area contributed by atoms with Gasteiger partial charge in [0.1, 0.15) is 34.4 Å². The number of benzene rings is 4. The second-order valence-electron chi connectivity index (χ2n) is 14.9. The summed E-state index contributed by atoms with van der Waals surface area (Å²) in [7, 11) is -9.29. The molecule has 0 saturated carbocycles. The second kappa shape index (κ2) is 14.2. The van der Waals surface area contributed by atoms with E-state index in [1.165, 1.54) is 46.5 Å². The topological polar surface area (TPSA) is 177 Å². The first-order chi connectivity index (χ1) is 28.9. The number of aromatic nitrogens is 2. The summed E-state index contributed by atoms with van der Waals surface area (Å²) in [5.74, 6) is -1.05. The van der Waals surface area contributed by atoms with E-state index in [-0.39, 0.29) is 56.0 Å². The number of hydrogen-bond acceptors (Lipinski definition) is 14. The van der Waals surface area contributed by atoms with Gasteiger partial charge < -0.3 is 0 Å². The van der Waals surface area contributed by atoms with Crippen molar-refractivity contribution >= 4 is 132 Å². The highest BCUT2D eigenvalue weighted by Crippen LogP contribution is 2.45. The lowest BCUT2D eigenvalue weighted by atomic mass is 10.1. The zero-order chi connectivity index (χ0) is 42.9. The van der Waals surface area contributed by atoms with E-state index in [4.69, 9.17) is 84.1 Å². The Morgan fingerprint density at radius 1 is 0.492 bits per heavy atom.